The normalized spacial score (nSPS) is 20.9. The molecule has 0 aromatic heterocycles. The predicted octanol–water partition coefficient (Wildman–Crippen LogP) is 3.16. The van der Waals surface area contributed by atoms with E-state index in [4.69, 9.17) is 4.74 Å². The van der Waals surface area contributed by atoms with Gasteiger partial charge in [-0.15, -0.1) is 0 Å². The summed E-state index contributed by atoms with van der Waals surface area (Å²) in [5.74, 6) is 0.835. The Labute approximate surface area is 155 Å². The summed E-state index contributed by atoms with van der Waals surface area (Å²) in [7, 11) is 1.87. The van der Waals surface area contributed by atoms with Crippen LogP contribution in [0.15, 0.2) is 24.3 Å². The number of benzene rings is 1. The predicted molar refractivity (Wildman–Crippen MR) is 102 cm³/mol. The van der Waals surface area contributed by atoms with Crippen molar-refractivity contribution in [3.05, 3.63) is 24.3 Å². The Balaban J connectivity index is 1.56. The van der Waals surface area contributed by atoms with Crippen LogP contribution in [0.1, 0.15) is 45.4 Å². The van der Waals surface area contributed by atoms with Gasteiger partial charge in [0.1, 0.15) is 5.75 Å². The van der Waals surface area contributed by atoms with Crippen molar-refractivity contribution >= 4 is 17.6 Å². The number of nitrogens with one attached hydrogen (secondary N) is 1. The molecule has 1 aliphatic carbocycles. The van der Waals surface area contributed by atoms with E-state index in [0.29, 0.717) is 25.6 Å². The summed E-state index contributed by atoms with van der Waals surface area (Å²) in [6.07, 6.45) is 6.14. The first-order valence-electron chi connectivity index (χ1n) is 9.65. The highest BCUT2D eigenvalue weighted by atomic mass is 16.5. The molecule has 0 radical (unpaired) electrons. The van der Waals surface area contributed by atoms with Gasteiger partial charge in [-0.2, -0.15) is 0 Å². The average Bonchev–Trinajstić information content (AvgIpc) is 3.03. The zero-order chi connectivity index (χ0) is 18.5. The molecule has 1 aromatic rings. The van der Waals surface area contributed by atoms with Crippen molar-refractivity contribution in [2.75, 3.05) is 25.1 Å². The molecule has 2 aliphatic rings. The molecular formula is C20H29N3O3. The molecule has 1 saturated carbocycles. The monoisotopic (exact) mass is 359 g/mol. The van der Waals surface area contributed by atoms with E-state index in [2.05, 4.69) is 5.32 Å². The fourth-order valence-corrected chi connectivity index (χ4v) is 3.85. The van der Waals surface area contributed by atoms with E-state index >= 15 is 0 Å². The van der Waals surface area contributed by atoms with E-state index in [9.17, 15) is 9.59 Å². The maximum absolute atomic E-state index is 12.5. The second-order valence-electron chi connectivity index (χ2n) is 7.18. The fraction of sp³-hybridized carbons (Fsp3) is 0.600. The number of hydrogen-bond donors (Lipinski definition) is 1. The Morgan fingerprint density at radius 3 is 2.58 bits per heavy atom. The second-order valence-corrected chi connectivity index (χ2v) is 7.18. The smallest absolute Gasteiger partial charge is 0.317 e. The zero-order valence-electron chi connectivity index (χ0n) is 15.7. The first-order valence-corrected chi connectivity index (χ1v) is 9.65. The first kappa shape index (κ1) is 18.5. The van der Waals surface area contributed by atoms with Gasteiger partial charge in [0.2, 0.25) is 5.91 Å². The zero-order valence-corrected chi connectivity index (χ0v) is 15.7. The van der Waals surface area contributed by atoms with Crippen LogP contribution in [-0.2, 0) is 4.79 Å². The van der Waals surface area contributed by atoms with E-state index in [1.54, 1.807) is 4.90 Å². The summed E-state index contributed by atoms with van der Waals surface area (Å²) in [4.78, 5) is 28.5. The van der Waals surface area contributed by atoms with Crippen molar-refractivity contribution in [3.8, 4) is 5.75 Å². The number of amides is 3. The van der Waals surface area contributed by atoms with E-state index in [0.717, 1.165) is 24.3 Å². The third-order valence-corrected chi connectivity index (χ3v) is 5.35. The van der Waals surface area contributed by atoms with Crippen LogP contribution in [0, 0.1) is 0 Å². The van der Waals surface area contributed by atoms with Crippen molar-refractivity contribution < 1.29 is 14.3 Å². The maximum Gasteiger partial charge on any atom is 0.317 e. The van der Waals surface area contributed by atoms with Crippen LogP contribution in [0.4, 0.5) is 10.5 Å². The SMILES string of the molecule is CCOc1ccc(N2C[C@@H](NC(=O)N(C)C3CCCCC3)CC2=O)cc1. The second kappa shape index (κ2) is 8.43. The minimum Gasteiger partial charge on any atom is -0.494 e. The number of rotatable bonds is 5. The highest BCUT2D eigenvalue weighted by Gasteiger charge is 2.33. The summed E-state index contributed by atoms with van der Waals surface area (Å²) in [5, 5.41) is 3.04. The number of anilines is 1. The third kappa shape index (κ3) is 4.29. The first-order chi connectivity index (χ1) is 12.6. The summed E-state index contributed by atoms with van der Waals surface area (Å²) in [6.45, 7) is 3.07. The van der Waals surface area contributed by atoms with Gasteiger partial charge >= 0.3 is 6.03 Å². The quantitative estimate of drug-likeness (QED) is 0.878. The van der Waals surface area contributed by atoms with E-state index < -0.39 is 0 Å². The lowest BCUT2D eigenvalue weighted by Crippen LogP contribution is -2.48. The molecule has 0 spiro atoms. The van der Waals surface area contributed by atoms with Crippen LogP contribution in [0.3, 0.4) is 0 Å². The Kier molecular flexibility index (Phi) is 6.01. The number of urea groups is 1. The van der Waals surface area contributed by atoms with Gasteiger partial charge in [-0.1, -0.05) is 19.3 Å². The fourth-order valence-electron chi connectivity index (χ4n) is 3.85. The lowest BCUT2D eigenvalue weighted by Gasteiger charge is -2.32. The third-order valence-electron chi connectivity index (χ3n) is 5.35. The molecule has 142 valence electrons. The van der Waals surface area contributed by atoms with Crippen molar-refractivity contribution in [2.45, 2.75) is 57.5 Å². The van der Waals surface area contributed by atoms with Crippen LogP contribution >= 0.6 is 0 Å². The summed E-state index contributed by atoms with van der Waals surface area (Å²) < 4.78 is 5.44. The molecule has 3 amide bonds. The highest BCUT2D eigenvalue weighted by Crippen LogP contribution is 2.25. The minimum absolute atomic E-state index is 0.0415. The minimum atomic E-state index is -0.146. The molecule has 6 heteroatoms. The van der Waals surface area contributed by atoms with Gasteiger partial charge in [0.25, 0.3) is 0 Å². The van der Waals surface area contributed by atoms with Gasteiger partial charge in [-0.05, 0) is 44.0 Å². The van der Waals surface area contributed by atoms with Gasteiger partial charge in [-0.25, -0.2) is 4.79 Å². The molecule has 1 aromatic carbocycles. The number of carbonyl (C=O) groups is 2. The summed E-state index contributed by atoms with van der Waals surface area (Å²) in [5.41, 5.74) is 0.843. The number of nitrogens with zero attached hydrogens (tertiary/aromatic N) is 2. The molecule has 3 rings (SSSR count). The molecular weight excluding hydrogens is 330 g/mol. The van der Waals surface area contributed by atoms with E-state index in [-0.39, 0.29) is 18.0 Å². The van der Waals surface area contributed by atoms with Crippen molar-refractivity contribution in [1.82, 2.24) is 10.2 Å². The Bertz CT molecular complexity index is 626. The van der Waals surface area contributed by atoms with Gasteiger partial charge in [-0.3, -0.25) is 4.79 Å². The average molecular weight is 359 g/mol. The Hall–Kier alpha value is -2.24. The lowest BCUT2D eigenvalue weighted by molar-refractivity contribution is -0.117. The lowest BCUT2D eigenvalue weighted by atomic mass is 9.95. The molecule has 1 saturated heterocycles. The molecule has 1 aliphatic heterocycles. The Morgan fingerprint density at radius 1 is 1.23 bits per heavy atom. The van der Waals surface area contributed by atoms with Crippen LogP contribution in [-0.4, -0.2) is 49.1 Å². The highest BCUT2D eigenvalue weighted by molar-refractivity contribution is 5.96. The number of hydrogen-bond acceptors (Lipinski definition) is 3. The topological polar surface area (TPSA) is 61.9 Å². The molecule has 2 fully saturated rings. The van der Waals surface area contributed by atoms with Crippen LogP contribution in [0.5, 0.6) is 5.75 Å². The summed E-state index contributed by atoms with van der Waals surface area (Å²) >= 11 is 0. The molecule has 6 nitrogen and oxygen atoms in total. The van der Waals surface area contributed by atoms with E-state index in [1.807, 2.05) is 43.1 Å². The number of carbonyl (C=O) groups excluding carboxylic acids is 2. The van der Waals surface area contributed by atoms with Crippen molar-refractivity contribution in [1.29, 1.82) is 0 Å². The van der Waals surface area contributed by atoms with Crippen molar-refractivity contribution in [2.24, 2.45) is 0 Å². The van der Waals surface area contributed by atoms with E-state index in [1.165, 1.54) is 19.3 Å². The summed E-state index contributed by atoms with van der Waals surface area (Å²) in [6, 6.07) is 7.63. The molecule has 1 N–H and O–H groups in total. The van der Waals surface area contributed by atoms with Crippen LogP contribution < -0.4 is 15.0 Å². The van der Waals surface area contributed by atoms with Crippen LogP contribution in [0.2, 0.25) is 0 Å². The Morgan fingerprint density at radius 2 is 1.92 bits per heavy atom. The molecule has 1 atom stereocenters. The van der Waals surface area contributed by atoms with Crippen LogP contribution in [0.25, 0.3) is 0 Å². The van der Waals surface area contributed by atoms with Gasteiger partial charge in [0.05, 0.1) is 12.6 Å². The van der Waals surface area contributed by atoms with Gasteiger partial charge in [0.15, 0.2) is 0 Å². The largest absolute Gasteiger partial charge is 0.494 e. The van der Waals surface area contributed by atoms with Gasteiger partial charge in [0, 0.05) is 31.7 Å². The molecule has 1 heterocycles. The van der Waals surface area contributed by atoms with Crippen molar-refractivity contribution in [3.63, 3.8) is 0 Å². The van der Waals surface area contributed by atoms with Gasteiger partial charge < -0.3 is 19.9 Å². The standard InChI is InChI=1S/C20H29N3O3/c1-3-26-18-11-9-17(10-12-18)23-14-15(13-19(23)24)21-20(25)22(2)16-7-5-4-6-8-16/h9-12,15-16H,3-8,13-14H2,1-2H3,(H,21,25)/t15-/m0/s1. The number of ether oxygens (including phenoxy) is 1. The molecule has 0 bridgehead atoms. The molecule has 0 unspecified atom stereocenters. The maximum atomic E-state index is 12.5. The molecule has 26 heavy (non-hydrogen) atoms.